The molecule has 1 atom stereocenters. The average molecular weight is 481 g/mol. The number of nitrogens with zero attached hydrogens (tertiary/aromatic N) is 3. The highest BCUT2D eigenvalue weighted by Crippen LogP contribution is 2.39. The third-order valence-electron chi connectivity index (χ3n) is 4.90. The van der Waals surface area contributed by atoms with E-state index in [2.05, 4.69) is 20.3 Å². The lowest BCUT2D eigenvalue weighted by molar-refractivity contribution is -0.150. The number of carboxylic acid groups (broad SMARTS) is 1. The number of hydrogen-bond acceptors (Lipinski definition) is 7. The van der Waals surface area contributed by atoms with Crippen molar-refractivity contribution >= 4 is 28.9 Å². The van der Waals surface area contributed by atoms with E-state index >= 15 is 0 Å². The Kier molecular flexibility index (Phi) is 6.49. The van der Waals surface area contributed by atoms with Crippen molar-refractivity contribution in [3.8, 4) is 10.4 Å². The molecule has 3 aromatic rings. The molecular formula is C22H23F3N4O3S. The summed E-state index contributed by atoms with van der Waals surface area (Å²) in [5.41, 5.74) is -1.62. The van der Waals surface area contributed by atoms with Gasteiger partial charge in [0.2, 0.25) is 5.95 Å². The lowest BCUT2D eigenvalue weighted by Gasteiger charge is -2.29. The Hall–Kier alpha value is -3.05. The Morgan fingerprint density at radius 3 is 2.48 bits per heavy atom. The smallest absolute Gasteiger partial charge is 0.433 e. The van der Waals surface area contributed by atoms with E-state index in [9.17, 15) is 28.2 Å². The van der Waals surface area contributed by atoms with Gasteiger partial charge in [-0.05, 0) is 63.4 Å². The fourth-order valence-electron chi connectivity index (χ4n) is 3.37. The Labute approximate surface area is 192 Å². The van der Waals surface area contributed by atoms with Gasteiger partial charge in [0.15, 0.2) is 0 Å². The maximum absolute atomic E-state index is 12.9. The summed E-state index contributed by atoms with van der Waals surface area (Å²) in [4.78, 5) is 23.8. The number of aliphatic carboxylic acids is 1. The summed E-state index contributed by atoms with van der Waals surface area (Å²) in [6.07, 6.45) is -2.01. The molecule has 0 aliphatic heterocycles. The number of nitrogens with one attached hydrogen (secondary N) is 1. The SMILES string of the molecule is Cc1cc(Nc2nccc(C(F)(F)F)n2)cc(-c2cnc(C(C)(O)CC(C)(C)C(=O)O)s2)c1. The molecule has 0 saturated heterocycles. The summed E-state index contributed by atoms with van der Waals surface area (Å²) in [5.74, 6) is -1.21. The number of aryl methyl sites for hydroxylation is 1. The molecule has 0 amide bonds. The van der Waals surface area contributed by atoms with Gasteiger partial charge >= 0.3 is 12.1 Å². The van der Waals surface area contributed by atoms with Gasteiger partial charge in [0.05, 0.1) is 10.3 Å². The number of benzene rings is 1. The molecule has 2 aromatic heterocycles. The zero-order valence-electron chi connectivity index (χ0n) is 18.4. The molecule has 0 aliphatic carbocycles. The minimum Gasteiger partial charge on any atom is -0.481 e. The summed E-state index contributed by atoms with van der Waals surface area (Å²) in [6, 6.07) is 6.11. The van der Waals surface area contributed by atoms with Gasteiger partial charge in [0, 0.05) is 18.1 Å². The van der Waals surface area contributed by atoms with Gasteiger partial charge in [-0.25, -0.2) is 15.0 Å². The number of hydrogen-bond donors (Lipinski definition) is 3. The highest BCUT2D eigenvalue weighted by Gasteiger charge is 2.39. The third-order valence-corrected chi connectivity index (χ3v) is 6.20. The maximum atomic E-state index is 12.9. The molecule has 2 heterocycles. The van der Waals surface area contributed by atoms with E-state index in [1.54, 1.807) is 18.3 Å². The summed E-state index contributed by atoms with van der Waals surface area (Å²) in [5, 5.41) is 23.4. The average Bonchev–Trinajstić information content (AvgIpc) is 3.17. The van der Waals surface area contributed by atoms with Gasteiger partial charge in [-0.15, -0.1) is 11.3 Å². The molecule has 1 aromatic carbocycles. The molecule has 33 heavy (non-hydrogen) atoms. The second kappa shape index (κ2) is 8.71. The number of aliphatic hydroxyl groups is 1. The van der Waals surface area contributed by atoms with Gasteiger partial charge in [-0.3, -0.25) is 4.79 Å². The van der Waals surface area contributed by atoms with E-state index < -0.39 is 28.9 Å². The van der Waals surface area contributed by atoms with Crippen LogP contribution in [0.15, 0.2) is 36.7 Å². The first-order valence-corrected chi connectivity index (χ1v) is 10.7. The van der Waals surface area contributed by atoms with E-state index in [4.69, 9.17) is 0 Å². The van der Waals surface area contributed by atoms with Crippen LogP contribution in [0.4, 0.5) is 24.8 Å². The van der Waals surface area contributed by atoms with E-state index in [1.165, 1.54) is 32.1 Å². The standard InChI is InChI=1S/C22H23F3N4O3S/c1-12-7-13(9-14(8-12)28-19-26-6-5-16(29-19)22(23,24)25)15-10-27-17(33-15)21(4,32)11-20(2,3)18(30)31/h5-10,32H,11H2,1-4H3,(H,30,31)(H,26,28,29). The molecule has 3 rings (SSSR count). The van der Waals surface area contributed by atoms with E-state index in [0.717, 1.165) is 23.4 Å². The highest BCUT2D eigenvalue weighted by molar-refractivity contribution is 7.15. The van der Waals surface area contributed by atoms with Crippen molar-refractivity contribution in [2.24, 2.45) is 5.41 Å². The Morgan fingerprint density at radius 2 is 1.85 bits per heavy atom. The summed E-state index contributed by atoms with van der Waals surface area (Å²) in [6.45, 7) is 6.42. The minimum absolute atomic E-state index is 0.0319. The normalized spacial score (nSPS) is 14.1. The number of anilines is 2. The molecule has 0 radical (unpaired) electrons. The quantitative estimate of drug-likeness (QED) is 0.417. The van der Waals surface area contributed by atoms with Gasteiger partial charge in [-0.1, -0.05) is 6.07 Å². The van der Waals surface area contributed by atoms with Crippen LogP contribution in [-0.2, 0) is 16.6 Å². The first-order chi connectivity index (χ1) is 15.2. The Bertz CT molecular complexity index is 1180. The van der Waals surface area contributed by atoms with Crippen LogP contribution in [0.25, 0.3) is 10.4 Å². The van der Waals surface area contributed by atoms with Crippen LogP contribution in [0.5, 0.6) is 0 Å². The van der Waals surface area contributed by atoms with Crippen LogP contribution in [0.3, 0.4) is 0 Å². The topological polar surface area (TPSA) is 108 Å². The van der Waals surface area contributed by atoms with Crippen LogP contribution >= 0.6 is 11.3 Å². The number of rotatable bonds is 7. The fraction of sp³-hybridized carbons (Fsp3) is 0.364. The van der Waals surface area contributed by atoms with Gasteiger partial charge in [0.1, 0.15) is 16.3 Å². The number of alkyl halides is 3. The van der Waals surface area contributed by atoms with Gasteiger partial charge < -0.3 is 15.5 Å². The van der Waals surface area contributed by atoms with Gasteiger partial charge in [-0.2, -0.15) is 13.2 Å². The molecular weight excluding hydrogens is 457 g/mol. The molecule has 0 saturated carbocycles. The largest absolute Gasteiger partial charge is 0.481 e. The first kappa shape index (κ1) is 24.6. The zero-order chi connectivity index (χ0) is 24.6. The van der Waals surface area contributed by atoms with Crippen LogP contribution in [0.2, 0.25) is 0 Å². The summed E-state index contributed by atoms with van der Waals surface area (Å²) < 4.78 is 38.8. The number of aromatic nitrogens is 3. The van der Waals surface area contributed by atoms with Crippen molar-refractivity contribution in [1.82, 2.24) is 15.0 Å². The van der Waals surface area contributed by atoms with E-state index in [1.807, 2.05) is 13.0 Å². The zero-order valence-corrected chi connectivity index (χ0v) is 19.2. The predicted molar refractivity (Wildman–Crippen MR) is 118 cm³/mol. The Morgan fingerprint density at radius 1 is 1.15 bits per heavy atom. The van der Waals surface area contributed by atoms with Crippen LogP contribution in [0.1, 0.15) is 43.5 Å². The third kappa shape index (κ3) is 5.85. The van der Waals surface area contributed by atoms with Crippen molar-refractivity contribution in [2.75, 3.05) is 5.32 Å². The van der Waals surface area contributed by atoms with Gasteiger partial charge in [0.25, 0.3) is 0 Å². The lowest BCUT2D eigenvalue weighted by atomic mass is 9.81. The van der Waals surface area contributed by atoms with E-state index in [0.29, 0.717) is 15.6 Å². The molecule has 0 spiro atoms. The van der Waals surface area contributed by atoms with Crippen molar-refractivity contribution in [2.45, 2.75) is 45.9 Å². The molecule has 1 unspecified atom stereocenters. The highest BCUT2D eigenvalue weighted by atomic mass is 32.1. The Balaban J connectivity index is 1.88. The number of halogens is 3. The molecule has 7 nitrogen and oxygen atoms in total. The molecule has 0 aliphatic rings. The van der Waals surface area contributed by atoms with Crippen LogP contribution in [0, 0.1) is 12.3 Å². The molecule has 11 heteroatoms. The predicted octanol–water partition coefficient (Wildman–Crippen LogP) is 5.38. The lowest BCUT2D eigenvalue weighted by Crippen LogP contribution is -2.34. The first-order valence-electron chi connectivity index (χ1n) is 9.89. The molecule has 0 fully saturated rings. The van der Waals surface area contributed by atoms with E-state index in [-0.39, 0.29) is 12.4 Å². The van der Waals surface area contributed by atoms with Crippen molar-refractivity contribution in [1.29, 1.82) is 0 Å². The monoisotopic (exact) mass is 480 g/mol. The summed E-state index contributed by atoms with van der Waals surface area (Å²) >= 11 is 1.21. The number of thiazole rings is 1. The van der Waals surface area contributed by atoms with Crippen molar-refractivity contribution in [3.05, 3.63) is 52.9 Å². The number of carbonyl (C=O) groups is 1. The molecule has 3 N–H and O–H groups in total. The number of carboxylic acids is 1. The maximum Gasteiger partial charge on any atom is 0.433 e. The minimum atomic E-state index is -4.58. The second-order valence-corrected chi connectivity index (χ2v) is 9.68. The van der Waals surface area contributed by atoms with Crippen molar-refractivity contribution < 1.29 is 28.2 Å². The molecule has 176 valence electrons. The fourth-order valence-corrected chi connectivity index (χ4v) is 4.32. The molecule has 0 bridgehead atoms. The van der Waals surface area contributed by atoms with Crippen molar-refractivity contribution in [3.63, 3.8) is 0 Å². The van der Waals surface area contributed by atoms with Crippen LogP contribution < -0.4 is 5.32 Å². The van der Waals surface area contributed by atoms with Crippen LogP contribution in [-0.4, -0.2) is 31.1 Å². The second-order valence-electron chi connectivity index (χ2n) is 8.65. The summed E-state index contributed by atoms with van der Waals surface area (Å²) in [7, 11) is 0.